The number of para-hydroxylation sites is 1. The zero-order valence-electron chi connectivity index (χ0n) is 15.0. The SMILES string of the molecule is NCc1c(F)cccc1C(O)(CF)c1ccc2c(cnn2-c2ccccc2)c1. The van der Waals surface area contributed by atoms with Gasteiger partial charge in [0.25, 0.3) is 0 Å². The second-order valence-electron chi connectivity index (χ2n) is 6.63. The molecule has 0 radical (unpaired) electrons. The highest BCUT2D eigenvalue weighted by molar-refractivity contribution is 5.81. The number of hydrogen-bond donors (Lipinski definition) is 2. The average Bonchev–Trinajstić information content (AvgIpc) is 3.17. The van der Waals surface area contributed by atoms with E-state index in [0.717, 1.165) is 16.6 Å². The Bertz CT molecular complexity index is 1130. The fourth-order valence-corrected chi connectivity index (χ4v) is 3.52. The maximum absolute atomic E-state index is 14.1. The lowest BCUT2D eigenvalue weighted by Crippen LogP contribution is -2.32. The molecule has 0 amide bonds. The Hall–Kier alpha value is -3.09. The summed E-state index contributed by atoms with van der Waals surface area (Å²) in [7, 11) is 0. The third kappa shape index (κ3) is 2.87. The predicted octanol–water partition coefficient (Wildman–Crippen LogP) is 3.83. The highest BCUT2D eigenvalue weighted by atomic mass is 19.1. The monoisotopic (exact) mass is 379 g/mol. The van der Waals surface area contributed by atoms with Crippen LogP contribution in [0.3, 0.4) is 0 Å². The molecule has 0 spiro atoms. The number of nitrogens with zero attached hydrogens (tertiary/aromatic N) is 2. The van der Waals surface area contributed by atoms with Crippen molar-refractivity contribution in [3.05, 3.63) is 95.4 Å². The van der Waals surface area contributed by atoms with E-state index in [9.17, 15) is 13.9 Å². The van der Waals surface area contributed by atoms with E-state index >= 15 is 0 Å². The van der Waals surface area contributed by atoms with Crippen molar-refractivity contribution in [2.45, 2.75) is 12.1 Å². The van der Waals surface area contributed by atoms with E-state index in [-0.39, 0.29) is 17.7 Å². The molecule has 28 heavy (non-hydrogen) atoms. The van der Waals surface area contributed by atoms with Crippen LogP contribution in [-0.4, -0.2) is 21.6 Å². The third-order valence-corrected chi connectivity index (χ3v) is 5.01. The molecular weight excluding hydrogens is 360 g/mol. The van der Waals surface area contributed by atoms with Crippen LogP contribution in [-0.2, 0) is 12.1 Å². The molecule has 0 aliphatic rings. The van der Waals surface area contributed by atoms with Gasteiger partial charge < -0.3 is 10.8 Å². The van der Waals surface area contributed by atoms with Crippen LogP contribution in [0.5, 0.6) is 0 Å². The molecule has 0 aliphatic carbocycles. The van der Waals surface area contributed by atoms with Crippen molar-refractivity contribution in [3.63, 3.8) is 0 Å². The van der Waals surface area contributed by atoms with Gasteiger partial charge in [0.2, 0.25) is 0 Å². The summed E-state index contributed by atoms with van der Waals surface area (Å²) >= 11 is 0. The molecule has 0 saturated heterocycles. The number of hydrogen-bond acceptors (Lipinski definition) is 3. The van der Waals surface area contributed by atoms with Gasteiger partial charge in [-0.1, -0.05) is 36.4 Å². The highest BCUT2D eigenvalue weighted by Crippen LogP contribution is 2.35. The fraction of sp³-hybridized carbons (Fsp3) is 0.136. The first-order chi connectivity index (χ1) is 13.6. The molecule has 4 rings (SSSR count). The van der Waals surface area contributed by atoms with Crippen molar-refractivity contribution in [2.24, 2.45) is 5.73 Å². The smallest absolute Gasteiger partial charge is 0.143 e. The molecule has 4 aromatic rings. The maximum Gasteiger partial charge on any atom is 0.143 e. The molecule has 4 nitrogen and oxygen atoms in total. The second kappa shape index (κ2) is 7.14. The summed E-state index contributed by atoms with van der Waals surface area (Å²) in [6.45, 7) is -1.25. The van der Waals surface area contributed by atoms with E-state index in [0.29, 0.717) is 5.56 Å². The van der Waals surface area contributed by atoms with Crippen LogP contribution in [0.1, 0.15) is 16.7 Å². The van der Waals surface area contributed by atoms with Crippen molar-refractivity contribution in [1.82, 2.24) is 9.78 Å². The summed E-state index contributed by atoms with van der Waals surface area (Å²) in [6, 6.07) is 18.9. The van der Waals surface area contributed by atoms with Gasteiger partial charge in [0, 0.05) is 17.5 Å². The Morgan fingerprint density at radius 1 is 1.04 bits per heavy atom. The van der Waals surface area contributed by atoms with Gasteiger partial charge in [-0.3, -0.25) is 0 Å². The largest absolute Gasteiger partial charge is 0.378 e. The van der Waals surface area contributed by atoms with Gasteiger partial charge in [0.05, 0.1) is 17.4 Å². The van der Waals surface area contributed by atoms with Crippen LogP contribution in [0, 0.1) is 5.82 Å². The molecule has 0 fully saturated rings. The summed E-state index contributed by atoms with van der Waals surface area (Å²) in [5.41, 5.74) is 5.90. The van der Waals surface area contributed by atoms with E-state index in [1.807, 2.05) is 30.3 Å². The molecule has 0 saturated carbocycles. The quantitative estimate of drug-likeness (QED) is 0.554. The first-order valence-corrected chi connectivity index (χ1v) is 8.88. The minimum Gasteiger partial charge on any atom is -0.378 e. The average molecular weight is 379 g/mol. The topological polar surface area (TPSA) is 64.1 Å². The number of benzene rings is 3. The van der Waals surface area contributed by atoms with E-state index in [1.165, 1.54) is 18.2 Å². The molecule has 1 unspecified atom stereocenters. The summed E-state index contributed by atoms with van der Waals surface area (Å²) in [5.74, 6) is -0.565. The normalized spacial score (nSPS) is 13.6. The van der Waals surface area contributed by atoms with E-state index in [4.69, 9.17) is 5.73 Å². The number of fused-ring (bicyclic) bond motifs is 1. The third-order valence-electron chi connectivity index (χ3n) is 5.01. The Balaban J connectivity index is 1.85. The van der Waals surface area contributed by atoms with Gasteiger partial charge in [-0.2, -0.15) is 5.10 Å². The van der Waals surface area contributed by atoms with Gasteiger partial charge in [0.15, 0.2) is 0 Å². The van der Waals surface area contributed by atoms with Crippen molar-refractivity contribution < 1.29 is 13.9 Å². The predicted molar refractivity (Wildman–Crippen MR) is 104 cm³/mol. The Kier molecular flexibility index (Phi) is 4.66. The Morgan fingerprint density at radius 2 is 1.82 bits per heavy atom. The number of aliphatic hydroxyl groups is 1. The molecule has 1 atom stereocenters. The van der Waals surface area contributed by atoms with Crippen LogP contribution in [0.15, 0.2) is 72.9 Å². The zero-order chi connectivity index (χ0) is 19.7. The maximum atomic E-state index is 14.1. The first kappa shape index (κ1) is 18.3. The Morgan fingerprint density at radius 3 is 2.54 bits per heavy atom. The van der Waals surface area contributed by atoms with Crippen LogP contribution in [0.25, 0.3) is 16.6 Å². The van der Waals surface area contributed by atoms with Crippen molar-refractivity contribution >= 4 is 10.9 Å². The van der Waals surface area contributed by atoms with Crippen LogP contribution < -0.4 is 5.73 Å². The highest BCUT2D eigenvalue weighted by Gasteiger charge is 2.35. The molecule has 142 valence electrons. The van der Waals surface area contributed by atoms with Crippen LogP contribution in [0.2, 0.25) is 0 Å². The molecule has 3 aromatic carbocycles. The molecular formula is C22H19F2N3O. The van der Waals surface area contributed by atoms with Gasteiger partial charge in [-0.15, -0.1) is 0 Å². The number of halogens is 2. The molecule has 6 heteroatoms. The Labute approximate surface area is 160 Å². The van der Waals surface area contributed by atoms with Crippen LogP contribution >= 0.6 is 0 Å². The lowest BCUT2D eigenvalue weighted by molar-refractivity contribution is 0.0507. The van der Waals surface area contributed by atoms with Gasteiger partial charge in [-0.25, -0.2) is 13.5 Å². The number of rotatable bonds is 5. The lowest BCUT2D eigenvalue weighted by Gasteiger charge is -2.28. The van der Waals surface area contributed by atoms with Crippen molar-refractivity contribution in [1.29, 1.82) is 0 Å². The summed E-state index contributed by atoms with van der Waals surface area (Å²) in [5, 5.41) is 16.3. The van der Waals surface area contributed by atoms with E-state index in [1.54, 1.807) is 29.1 Å². The van der Waals surface area contributed by atoms with Gasteiger partial charge in [-0.05, 0) is 41.5 Å². The van der Waals surface area contributed by atoms with Crippen molar-refractivity contribution in [2.75, 3.05) is 6.67 Å². The standard InChI is InChI=1S/C22H19F2N3O/c23-14-22(28,19-7-4-8-20(24)18(19)12-25)16-9-10-21-15(11-16)13-26-27(21)17-5-2-1-3-6-17/h1-11,13,28H,12,14,25H2. The van der Waals surface area contributed by atoms with E-state index in [2.05, 4.69) is 5.10 Å². The molecule has 0 aliphatic heterocycles. The minimum absolute atomic E-state index is 0.0997. The second-order valence-corrected chi connectivity index (χ2v) is 6.63. The summed E-state index contributed by atoms with van der Waals surface area (Å²) < 4.78 is 30.0. The first-order valence-electron chi connectivity index (χ1n) is 8.88. The van der Waals surface area contributed by atoms with Crippen LogP contribution in [0.4, 0.5) is 8.78 Å². The fourth-order valence-electron chi connectivity index (χ4n) is 3.52. The minimum atomic E-state index is -2.00. The zero-order valence-corrected chi connectivity index (χ0v) is 15.0. The number of aromatic nitrogens is 2. The molecule has 1 aromatic heterocycles. The number of alkyl halides is 1. The lowest BCUT2D eigenvalue weighted by atomic mass is 9.84. The molecule has 0 bridgehead atoms. The molecule has 3 N–H and O–H groups in total. The summed E-state index contributed by atoms with van der Waals surface area (Å²) in [6.07, 6.45) is 1.65. The van der Waals surface area contributed by atoms with Gasteiger partial charge in [0.1, 0.15) is 18.1 Å². The molecule has 1 heterocycles. The number of nitrogens with two attached hydrogens (primary N) is 1. The summed E-state index contributed by atoms with van der Waals surface area (Å²) in [4.78, 5) is 0. The van der Waals surface area contributed by atoms with E-state index < -0.39 is 18.1 Å². The van der Waals surface area contributed by atoms with Crippen molar-refractivity contribution in [3.8, 4) is 5.69 Å². The van der Waals surface area contributed by atoms with Gasteiger partial charge >= 0.3 is 0 Å².